The minimum atomic E-state index is -0.544. The number of imide groups is 2. The molecule has 4 N–H and O–H groups in total. The van der Waals surface area contributed by atoms with Crippen molar-refractivity contribution in [1.29, 1.82) is 0 Å². The summed E-state index contributed by atoms with van der Waals surface area (Å²) in [7, 11) is 0. The highest BCUT2D eigenvalue weighted by Crippen LogP contribution is 2.35. The summed E-state index contributed by atoms with van der Waals surface area (Å²) in [5.74, 6) is -2.12. The first-order valence-electron chi connectivity index (χ1n) is 17.3. The summed E-state index contributed by atoms with van der Waals surface area (Å²) in [4.78, 5) is 74.1. The van der Waals surface area contributed by atoms with Crippen LogP contribution in [0, 0.1) is 0 Å². The van der Waals surface area contributed by atoms with E-state index in [-0.39, 0.29) is 48.0 Å². The summed E-state index contributed by atoms with van der Waals surface area (Å²) >= 11 is 0. The Labute approximate surface area is 314 Å². The fourth-order valence-corrected chi connectivity index (χ4v) is 6.57. The molecular formula is C42H35N5O8. The average molecular weight is 738 g/mol. The van der Waals surface area contributed by atoms with Crippen molar-refractivity contribution in [2.75, 3.05) is 5.73 Å². The molecule has 0 spiro atoms. The van der Waals surface area contributed by atoms with E-state index in [9.17, 15) is 34.2 Å². The number of pyridine rings is 2. The molecule has 0 bridgehead atoms. The van der Waals surface area contributed by atoms with Crippen LogP contribution in [0.3, 0.4) is 0 Å². The van der Waals surface area contributed by atoms with Gasteiger partial charge in [-0.2, -0.15) is 0 Å². The normalized spacial score (nSPS) is 13.6. The Hall–Kier alpha value is -7.15. The molecule has 0 saturated heterocycles. The molecule has 0 fully saturated rings. The van der Waals surface area contributed by atoms with E-state index in [1.807, 2.05) is 20.8 Å². The molecule has 0 saturated carbocycles. The van der Waals surface area contributed by atoms with Gasteiger partial charge in [0.2, 0.25) is 0 Å². The molecule has 276 valence electrons. The van der Waals surface area contributed by atoms with Gasteiger partial charge in [0.05, 0.1) is 41.8 Å². The molecule has 2 aromatic heterocycles. The van der Waals surface area contributed by atoms with Gasteiger partial charge < -0.3 is 20.7 Å². The highest BCUT2D eigenvalue weighted by molar-refractivity contribution is 6.26. The van der Waals surface area contributed by atoms with Crippen LogP contribution in [0.1, 0.15) is 78.9 Å². The van der Waals surface area contributed by atoms with Gasteiger partial charge in [-0.1, -0.05) is 36.4 Å². The van der Waals surface area contributed by atoms with Crippen LogP contribution in [0.5, 0.6) is 11.5 Å². The number of anilines is 1. The molecule has 55 heavy (non-hydrogen) atoms. The number of nitrogens with two attached hydrogens (primary N) is 1. The monoisotopic (exact) mass is 737 g/mol. The zero-order valence-corrected chi connectivity index (χ0v) is 30.1. The van der Waals surface area contributed by atoms with Crippen LogP contribution < -0.4 is 5.73 Å². The number of hydrogen-bond donors (Lipinski definition) is 3. The number of ether oxygens (including phenoxy) is 1. The first-order valence-corrected chi connectivity index (χ1v) is 17.3. The van der Waals surface area contributed by atoms with Crippen molar-refractivity contribution in [1.82, 2.24) is 19.8 Å². The van der Waals surface area contributed by atoms with Crippen LogP contribution in [0.4, 0.5) is 5.69 Å². The fourth-order valence-electron chi connectivity index (χ4n) is 6.57. The number of phenols is 2. The first kappa shape index (κ1) is 36.2. The molecule has 13 heteroatoms. The van der Waals surface area contributed by atoms with Gasteiger partial charge in [0, 0.05) is 28.9 Å². The number of esters is 1. The third kappa shape index (κ3) is 7.02. The molecule has 4 amide bonds. The number of benzene rings is 4. The van der Waals surface area contributed by atoms with E-state index >= 15 is 0 Å². The van der Waals surface area contributed by atoms with E-state index < -0.39 is 29.2 Å². The lowest BCUT2D eigenvalue weighted by molar-refractivity contribution is -0.153. The predicted molar refractivity (Wildman–Crippen MR) is 202 cm³/mol. The fraction of sp³-hybridized carbons (Fsp3) is 0.167. The molecule has 0 unspecified atom stereocenters. The highest BCUT2D eigenvalue weighted by Gasteiger charge is 2.35. The van der Waals surface area contributed by atoms with E-state index in [4.69, 9.17) is 10.5 Å². The third-order valence-corrected chi connectivity index (χ3v) is 9.10. The van der Waals surface area contributed by atoms with Gasteiger partial charge in [0.1, 0.15) is 28.1 Å². The largest absolute Gasteiger partial charge is 0.506 e. The second-order valence-corrected chi connectivity index (χ2v) is 14.1. The molecule has 0 atom stereocenters. The Balaban J connectivity index is 0.000000174. The maximum absolute atomic E-state index is 13.0. The quantitative estimate of drug-likeness (QED) is 0.104. The van der Waals surface area contributed by atoms with Crippen LogP contribution in [0.25, 0.3) is 21.8 Å². The van der Waals surface area contributed by atoms with Crippen molar-refractivity contribution in [3.63, 3.8) is 0 Å². The Kier molecular flexibility index (Phi) is 9.22. The Morgan fingerprint density at radius 1 is 0.600 bits per heavy atom. The number of nitrogen functional groups attached to an aromatic ring is 1. The molecule has 2 aliphatic heterocycles. The van der Waals surface area contributed by atoms with Gasteiger partial charge in [-0.25, -0.2) is 0 Å². The Morgan fingerprint density at radius 2 is 0.982 bits per heavy atom. The molecule has 2 aliphatic rings. The summed E-state index contributed by atoms with van der Waals surface area (Å²) in [6.45, 7) is 5.70. The van der Waals surface area contributed by atoms with Crippen LogP contribution in [-0.2, 0) is 29.0 Å². The zero-order valence-electron chi connectivity index (χ0n) is 30.1. The van der Waals surface area contributed by atoms with Crippen LogP contribution >= 0.6 is 0 Å². The molecule has 6 aromatic rings. The molecule has 13 nitrogen and oxygen atoms in total. The number of aromatic hydroxyl groups is 2. The van der Waals surface area contributed by atoms with Gasteiger partial charge in [-0.3, -0.25) is 43.7 Å². The number of aromatic nitrogens is 2. The average Bonchev–Trinajstić information content (AvgIpc) is 3.15. The minimum absolute atomic E-state index is 0.0526. The van der Waals surface area contributed by atoms with Crippen molar-refractivity contribution < 1.29 is 38.9 Å². The number of nitrogens with zero attached hydrogens (tertiary/aromatic N) is 4. The maximum Gasteiger partial charge on any atom is 0.310 e. The van der Waals surface area contributed by atoms with Crippen molar-refractivity contribution in [3.8, 4) is 11.5 Å². The number of amides is 4. The smallest absolute Gasteiger partial charge is 0.310 e. The van der Waals surface area contributed by atoms with Gasteiger partial charge in [0.25, 0.3) is 23.6 Å². The van der Waals surface area contributed by atoms with E-state index in [0.717, 1.165) is 16.7 Å². The minimum Gasteiger partial charge on any atom is -0.506 e. The van der Waals surface area contributed by atoms with Gasteiger partial charge >= 0.3 is 5.97 Å². The third-order valence-electron chi connectivity index (χ3n) is 9.10. The second kappa shape index (κ2) is 14.0. The van der Waals surface area contributed by atoms with E-state index in [2.05, 4.69) is 9.97 Å². The number of phenolic OH excluding ortho intramolecular Hbond substituents is 2. The highest BCUT2D eigenvalue weighted by atomic mass is 16.6. The van der Waals surface area contributed by atoms with E-state index in [0.29, 0.717) is 38.7 Å². The summed E-state index contributed by atoms with van der Waals surface area (Å²) in [6, 6.07) is 23.1. The molecule has 4 aromatic carbocycles. The van der Waals surface area contributed by atoms with Crippen LogP contribution in [0.15, 0.2) is 97.3 Å². The second-order valence-electron chi connectivity index (χ2n) is 14.1. The number of carbonyl (C=O) groups is 5. The molecule has 8 rings (SSSR count). The number of rotatable bonds is 6. The van der Waals surface area contributed by atoms with Crippen LogP contribution in [0.2, 0.25) is 0 Å². The lowest BCUT2D eigenvalue weighted by Gasteiger charge is -2.27. The molecule has 0 aliphatic carbocycles. The van der Waals surface area contributed by atoms with Gasteiger partial charge in [0.15, 0.2) is 0 Å². The number of hydrogen-bond acceptors (Lipinski definition) is 11. The van der Waals surface area contributed by atoms with Crippen molar-refractivity contribution in [3.05, 3.63) is 136 Å². The van der Waals surface area contributed by atoms with E-state index in [1.54, 1.807) is 60.7 Å². The van der Waals surface area contributed by atoms with Crippen molar-refractivity contribution in [2.24, 2.45) is 0 Å². The topological polar surface area (TPSA) is 193 Å². The summed E-state index contributed by atoms with van der Waals surface area (Å²) in [5.41, 5.74) is 9.96. The van der Waals surface area contributed by atoms with E-state index in [1.165, 1.54) is 46.5 Å². The molecule has 4 heterocycles. The summed E-state index contributed by atoms with van der Waals surface area (Å²) in [6.07, 6.45) is 3.04. The van der Waals surface area contributed by atoms with Crippen molar-refractivity contribution >= 4 is 57.1 Å². The summed E-state index contributed by atoms with van der Waals surface area (Å²) in [5, 5.41) is 20.7. The Bertz CT molecular complexity index is 2520. The maximum atomic E-state index is 13.0. The summed E-state index contributed by atoms with van der Waals surface area (Å²) < 4.78 is 5.33. The SMILES string of the molecule is CC(C)(C)OC(=O)Cc1ccc(CN2C(=O)c3ccnc4c(O)ccc(c34)C2=O)cc1.Nc1ccc(CN2C(=O)c3ccnc4c(O)ccc(c34)C2=O)cc1. The molecular weight excluding hydrogens is 702 g/mol. The standard InChI is InChI=1S/C24H22N2O5.C18H13N3O3/c1-24(2,3)31-19(28)12-14-4-6-15(7-5-14)13-26-22(29)16-8-9-18(27)21-20(16)17(23(26)30)10-11-25-21;19-11-3-1-10(2-4-11)9-21-17(23)12-5-6-14(22)16-15(12)13(18(21)24)7-8-20-16/h4-11,27H,12-13H2,1-3H3;1-8,22H,9,19H2. The lowest BCUT2D eigenvalue weighted by atomic mass is 9.96. The predicted octanol–water partition coefficient (Wildman–Crippen LogP) is 5.94. The van der Waals surface area contributed by atoms with Crippen molar-refractivity contribution in [2.45, 2.75) is 45.9 Å². The lowest BCUT2D eigenvalue weighted by Crippen LogP contribution is -2.39. The Morgan fingerprint density at radius 3 is 1.40 bits per heavy atom. The first-order chi connectivity index (χ1) is 26.2. The van der Waals surface area contributed by atoms with Gasteiger partial charge in [-0.05, 0) is 86.0 Å². The zero-order chi connectivity index (χ0) is 39.2. The van der Waals surface area contributed by atoms with Gasteiger partial charge in [-0.15, -0.1) is 0 Å². The number of carbonyl (C=O) groups excluding carboxylic acids is 5. The molecule has 0 radical (unpaired) electrons. The van der Waals surface area contributed by atoms with Crippen LogP contribution in [-0.4, -0.2) is 65.2 Å².